The van der Waals surface area contributed by atoms with Crippen molar-refractivity contribution in [1.29, 1.82) is 0 Å². The number of aliphatic imine (C=N–C) groups is 1. The molecule has 0 heterocycles. The maximum absolute atomic E-state index is 12.8. The van der Waals surface area contributed by atoms with Gasteiger partial charge in [-0.2, -0.15) is 11.8 Å². The van der Waals surface area contributed by atoms with Gasteiger partial charge in [0, 0.05) is 37.9 Å². The molecule has 2 rings (SSSR count). The molecule has 0 bridgehead atoms. The monoisotopic (exact) mass is 605 g/mol. The summed E-state index contributed by atoms with van der Waals surface area (Å²) in [5.41, 5.74) is 18.6. The number of carbonyl (C=O) groups is 3. The first-order chi connectivity index (χ1) is 19.9. The number of thioether (sulfide) groups is 1. The first kappa shape index (κ1) is 35.7. The van der Waals surface area contributed by atoms with Crippen LogP contribution in [0.25, 0.3) is 0 Å². The fourth-order valence-corrected chi connectivity index (χ4v) is 4.31. The number of aryl methyl sites for hydroxylation is 1. The molecule has 0 radical (unpaired) electrons. The minimum atomic E-state index is -0.873. The van der Waals surface area contributed by atoms with Crippen molar-refractivity contribution in [3.63, 3.8) is 0 Å². The molecule has 0 spiro atoms. The van der Waals surface area contributed by atoms with Gasteiger partial charge in [-0.15, -0.1) is 0 Å². The summed E-state index contributed by atoms with van der Waals surface area (Å²) < 4.78 is 0. The number of phenolic OH excluding ortho intramolecular Hbond substituents is 1. The Morgan fingerprint density at radius 1 is 1.02 bits per heavy atom. The number of guanidine groups is 1. The zero-order chi connectivity index (χ0) is 31.5. The number of aromatic hydroxyl groups is 1. The average molecular weight is 606 g/mol. The van der Waals surface area contributed by atoms with Crippen molar-refractivity contribution >= 4 is 41.2 Å². The van der Waals surface area contributed by atoms with Crippen LogP contribution in [0.5, 0.6) is 5.75 Å². The lowest BCUT2D eigenvalue weighted by atomic mass is 10.0. The molecular formula is C27H39N7O7S. The van der Waals surface area contributed by atoms with Crippen LogP contribution in [0.15, 0.2) is 53.5 Å². The second kappa shape index (κ2) is 19.7. The number of nitro groups is 1. The molecule has 0 aliphatic carbocycles. The standard InChI is InChI=1S/C25H35N7O5S.C2H4O2/c26-21(16-18-5-9-20(33)10-6-18)23(34)31-22(2-1-12-30-25(27)28)24(35)29-13-15-38-14-11-17-3-7-19(8-4-17)32(36)37;1-2(3)4/h3-10,21-22,33H,1-2,11-16,26H2,(H,29,35)(H,31,34)(H4,27,28,30);1H3,(H,3,4)/t21-,22+;/m0./s1. The molecule has 0 fully saturated rings. The molecule has 2 atom stereocenters. The summed E-state index contributed by atoms with van der Waals surface area (Å²) in [5, 5.41) is 33.1. The van der Waals surface area contributed by atoms with E-state index in [1.54, 1.807) is 36.0 Å². The zero-order valence-corrected chi connectivity index (χ0v) is 24.2. The van der Waals surface area contributed by atoms with Gasteiger partial charge in [0.05, 0.1) is 11.0 Å². The van der Waals surface area contributed by atoms with Crippen LogP contribution in [0.4, 0.5) is 5.69 Å². The Kier molecular flexibility index (Phi) is 16.7. The number of carbonyl (C=O) groups excluding carboxylic acids is 2. The van der Waals surface area contributed by atoms with Crippen LogP contribution in [0.3, 0.4) is 0 Å². The number of rotatable bonds is 16. The van der Waals surface area contributed by atoms with Gasteiger partial charge in [-0.3, -0.25) is 29.5 Å². The molecule has 0 unspecified atom stereocenters. The van der Waals surface area contributed by atoms with E-state index in [0.717, 1.165) is 30.2 Å². The van der Waals surface area contributed by atoms with Crippen LogP contribution >= 0.6 is 11.8 Å². The number of carboxylic acids is 1. The number of nitrogens with one attached hydrogen (secondary N) is 2. The lowest BCUT2D eigenvalue weighted by Crippen LogP contribution is -2.52. The van der Waals surface area contributed by atoms with Crippen LogP contribution < -0.4 is 27.8 Å². The predicted octanol–water partition coefficient (Wildman–Crippen LogP) is 0.892. The highest BCUT2D eigenvalue weighted by Gasteiger charge is 2.23. The highest BCUT2D eigenvalue weighted by Crippen LogP contribution is 2.14. The van der Waals surface area contributed by atoms with E-state index in [9.17, 15) is 24.8 Å². The van der Waals surface area contributed by atoms with Gasteiger partial charge in [-0.25, -0.2) is 0 Å². The molecule has 2 aromatic rings. The molecular weight excluding hydrogens is 566 g/mol. The summed E-state index contributed by atoms with van der Waals surface area (Å²) in [6.07, 6.45) is 1.81. The number of nitrogens with zero attached hydrogens (tertiary/aromatic N) is 2. The van der Waals surface area contributed by atoms with Gasteiger partial charge in [0.25, 0.3) is 11.7 Å². The number of non-ortho nitro benzene ring substituents is 1. The molecule has 230 valence electrons. The van der Waals surface area contributed by atoms with E-state index in [2.05, 4.69) is 15.6 Å². The third kappa shape index (κ3) is 16.0. The van der Waals surface area contributed by atoms with E-state index in [4.69, 9.17) is 27.1 Å². The Bertz CT molecular complexity index is 1170. The van der Waals surface area contributed by atoms with E-state index >= 15 is 0 Å². The largest absolute Gasteiger partial charge is 0.508 e. The Morgan fingerprint density at radius 3 is 2.19 bits per heavy atom. The summed E-state index contributed by atoms with van der Waals surface area (Å²) in [4.78, 5) is 48.7. The van der Waals surface area contributed by atoms with Gasteiger partial charge in [0.2, 0.25) is 11.8 Å². The molecule has 2 amide bonds. The van der Waals surface area contributed by atoms with E-state index < -0.39 is 28.9 Å². The summed E-state index contributed by atoms with van der Waals surface area (Å²) in [6.45, 7) is 1.81. The highest BCUT2D eigenvalue weighted by molar-refractivity contribution is 7.99. The normalized spacial score (nSPS) is 11.7. The third-order valence-corrected chi connectivity index (χ3v) is 6.52. The van der Waals surface area contributed by atoms with Crippen LogP contribution in [0, 0.1) is 10.1 Å². The number of phenols is 1. The Labute approximate surface area is 248 Å². The number of nitro benzene ring substituents is 1. The lowest BCUT2D eigenvalue weighted by molar-refractivity contribution is -0.384. The first-order valence-corrected chi connectivity index (χ1v) is 14.2. The molecule has 0 aliphatic rings. The number of aliphatic carboxylic acids is 1. The molecule has 0 saturated carbocycles. The lowest BCUT2D eigenvalue weighted by Gasteiger charge is -2.21. The van der Waals surface area contributed by atoms with Gasteiger partial charge < -0.3 is 38.0 Å². The van der Waals surface area contributed by atoms with Crippen LogP contribution in [-0.4, -0.2) is 75.6 Å². The van der Waals surface area contributed by atoms with Gasteiger partial charge in [-0.05, 0) is 54.7 Å². The van der Waals surface area contributed by atoms with Gasteiger partial charge >= 0.3 is 0 Å². The first-order valence-electron chi connectivity index (χ1n) is 13.1. The quantitative estimate of drug-likeness (QED) is 0.0465. The van der Waals surface area contributed by atoms with Crippen molar-refractivity contribution < 1.29 is 29.5 Å². The number of carboxylic acid groups (broad SMARTS) is 1. The van der Waals surface area contributed by atoms with Crippen LogP contribution in [0.1, 0.15) is 30.9 Å². The number of nitrogens with two attached hydrogens (primary N) is 3. The van der Waals surface area contributed by atoms with Crippen molar-refractivity contribution in [3.8, 4) is 5.75 Å². The third-order valence-electron chi connectivity index (χ3n) is 5.53. The molecule has 14 nitrogen and oxygen atoms in total. The molecule has 15 heteroatoms. The second-order valence-corrected chi connectivity index (χ2v) is 10.3. The summed E-state index contributed by atoms with van der Waals surface area (Å²) >= 11 is 1.64. The topological polar surface area (TPSA) is 249 Å². The van der Waals surface area contributed by atoms with Crippen LogP contribution in [-0.2, 0) is 27.2 Å². The van der Waals surface area contributed by atoms with Crippen molar-refractivity contribution in [1.82, 2.24) is 10.6 Å². The van der Waals surface area contributed by atoms with Crippen molar-refractivity contribution in [2.24, 2.45) is 22.2 Å². The Morgan fingerprint density at radius 2 is 1.62 bits per heavy atom. The Hall–Kier alpha value is -4.37. The molecule has 0 aliphatic heterocycles. The van der Waals surface area contributed by atoms with Crippen molar-refractivity contribution in [2.75, 3.05) is 24.6 Å². The highest BCUT2D eigenvalue weighted by atomic mass is 32.2. The minimum Gasteiger partial charge on any atom is -0.508 e. The molecule has 10 N–H and O–H groups in total. The van der Waals surface area contributed by atoms with E-state index in [1.165, 1.54) is 24.3 Å². The summed E-state index contributed by atoms with van der Waals surface area (Å²) in [5.74, 6) is -0.0921. The summed E-state index contributed by atoms with van der Waals surface area (Å²) in [7, 11) is 0. The van der Waals surface area contributed by atoms with Gasteiger partial charge in [-0.1, -0.05) is 24.3 Å². The predicted molar refractivity (Wildman–Crippen MR) is 162 cm³/mol. The molecule has 42 heavy (non-hydrogen) atoms. The number of amides is 2. The Balaban J connectivity index is 0.00000206. The van der Waals surface area contributed by atoms with Gasteiger partial charge in [0.15, 0.2) is 5.96 Å². The van der Waals surface area contributed by atoms with Crippen LogP contribution in [0.2, 0.25) is 0 Å². The SMILES string of the molecule is CC(=O)O.NC(N)=NCCC[C@@H](NC(=O)[C@@H](N)Cc1ccc(O)cc1)C(=O)NCCSCCc1ccc([N+](=O)[O-])cc1. The second-order valence-electron chi connectivity index (χ2n) is 9.08. The number of hydrogen-bond donors (Lipinski definition) is 7. The number of hydrogen-bond acceptors (Lipinski definition) is 9. The van der Waals surface area contributed by atoms with E-state index in [1.807, 2.05) is 0 Å². The minimum absolute atomic E-state index is 0.0447. The molecule has 0 saturated heterocycles. The number of benzene rings is 2. The maximum Gasteiger partial charge on any atom is 0.300 e. The van der Waals surface area contributed by atoms with E-state index in [0.29, 0.717) is 31.7 Å². The molecule has 0 aromatic heterocycles. The fourth-order valence-electron chi connectivity index (χ4n) is 3.48. The fraction of sp³-hybridized carbons (Fsp3) is 0.407. The summed E-state index contributed by atoms with van der Waals surface area (Å²) in [6, 6.07) is 11.2. The maximum atomic E-state index is 12.8. The van der Waals surface area contributed by atoms with E-state index in [-0.39, 0.29) is 29.7 Å². The molecule has 2 aromatic carbocycles. The smallest absolute Gasteiger partial charge is 0.300 e. The van der Waals surface area contributed by atoms with Gasteiger partial charge in [0.1, 0.15) is 11.8 Å². The van der Waals surface area contributed by atoms with Crippen molar-refractivity contribution in [2.45, 2.75) is 44.7 Å². The van der Waals surface area contributed by atoms with Crippen molar-refractivity contribution in [3.05, 3.63) is 69.8 Å². The zero-order valence-electron chi connectivity index (χ0n) is 23.4. The average Bonchev–Trinajstić information content (AvgIpc) is 2.93.